The van der Waals surface area contributed by atoms with E-state index in [2.05, 4.69) is 41.4 Å². The predicted octanol–water partition coefficient (Wildman–Crippen LogP) is 3.00. The second-order valence-corrected chi connectivity index (χ2v) is 7.06. The Bertz CT molecular complexity index is 550. The van der Waals surface area contributed by atoms with Crippen LogP contribution in [0.5, 0.6) is 0 Å². The lowest BCUT2D eigenvalue weighted by atomic mass is 10.0. The third-order valence-corrected chi connectivity index (χ3v) is 5.33. The summed E-state index contributed by atoms with van der Waals surface area (Å²) >= 11 is 0. The van der Waals surface area contributed by atoms with Gasteiger partial charge in [0.15, 0.2) is 0 Å². The smallest absolute Gasteiger partial charge is 0.241 e. The first-order chi connectivity index (χ1) is 10.2. The lowest BCUT2D eigenvalue weighted by Gasteiger charge is -2.34. The van der Waals surface area contributed by atoms with Crippen molar-refractivity contribution < 1.29 is 4.79 Å². The van der Waals surface area contributed by atoms with E-state index >= 15 is 0 Å². The van der Waals surface area contributed by atoms with Crippen molar-refractivity contribution in [2.75, 3.05) is 0 Å². The minimum Gasteiger partial charge on any atom is -0.318 e. The Hall–Kier alpha value is -1.35. The first kappa shape index (κ1) is 13.3. The summed E-state index contributed by atoms with van der Waals surface area (Å²) in [5.74, 6) is 1.80. The van der Waals surface area contributed by atoms with E-state index in [1.807, 2.05) is 6.92 Å². The molecule has 2 unspecified atom stereocenters. The monoisotopic (exact) mass is 284 g/mol. The molecule has 0 spiro atoms. The first-order valence-corrected chi connectivity index (χ1v) is 8.30. The highest BCUT2D eigenvalue weighted by atomic mass is 16.2. The van der Waals surface area contributed by atoms with E-state index in [0.29, 0.717) is 11.9 Å². The minimum absolute atomic E-state index is 0.0605. The van der Waals surface area contributed by atoms with E-state index in [1.165, 1.54) is 36.8 Å². The summed E-state index contributed by atoms with van der Waals surface area (Å²) in [7, 11) is 0. The molecular formula is C18H24N2O. The molecule has 1 aromatic carbocycles. The molecule has 21 heavy (non-hydrogen) atoms. The fourth-order valence-corrected chi connectivity index (χ4v) is 3.91. The molecule has 2 atom stereocenters. The van der Waals surface area contributed by atoms with Crippen molar-refractivity contribution in [1.29, 1.82) is 0 Å². The molecule has 1 aliphatic heterocycles. The standard InChI is InChI=1S/C18H24N2O/c1-11-5-3-4-6-15(11)17-19-12(2)18(21)20(17)16(13-7-8-13)14-9-10-14/h3-6,12-14,16-17,19H,7-10H2,1-2H3. The number of amides is 1. The van der Waals surface area contributed by atoms with Crippen molar-refractivity contribution in [1.82, 2.24) is 10.2 Å². The predicted molar refractivity (Wildman–Crippen MR) is 82.6 cm³/mol. The maximum absolute atomic E-state index is 12.8. The molecule has 1 heterocycles. The van der Waals surface area contributed by atoms with Crippen LogP contribution >= 0.6 is 0 Å². The number of aryl methyl sites for hydroxylation is 1. The van der Waals surface area contributed by atoms with Gasteiger partial charge >= 0.3 is 0 Å². The zero-order valence-electron chi connectivity index (χ0n) is 12.9. The van der Waals surface area contributed by atoms with Crippen LogP contribution < -0.4 is 5.32 Å². The largest absolute Gasteiger partial charge is 0.318 e. The molecule has 1 amide bonds. The van der Waals surface area contributed by atoms with Gasteiger partial charge in [-0.3, -0.25) is 10.1 Å². The quantitative estimate of drug-likeness (QED) is 0.922. The molecule has 4 rings (SSSR count). The van der Waals surface area contributed by atoms with Crippen molar-refractivity contribution >= 4 is 5.91 Å². The molecule has 0 radical (unpaired) electrons. The summed E-state index contributed by atoms with van der Waals surface area (Å²) in [6.45, 7) is 4.15. The van der Waals surface area contributed by atoms with Gasteiger partial charge in [-0.2, -0.15) is 0 Å². The van der Waals surface area contributed by atoms with Gasteiger partial charge in [-0.15, -0.1) is 0 Å². The Morgan fingerprint density at radius 1 is 1.14 bits per heavy atom. The van der Waals surface area contributed by atoms with Crippen LogP contribution in [0, 0.1) is 18.8 Å². The zero-order valence-corrected chi connectivity index (χ0v) is 12.9. The Balaban J connectivity index is 1.71. The second-order valence-electron chi connectivity index (χ2n) is 7.06. The summed E-state index contributed by atoms with van der Waals surface area (Å²) in [5.41, 5.74) is 2.54. The molecule has 112 valence electrons. The van der Waals surface area contributed by atoms with Crippen molar-refractivity contribution in [3.05, 3.63) is 35.4 Å². The van der Waals surface area contributed by atoms with Gasteiger partial charge in [0.25, 0.3) is 0 Å². The van der Waals surface area contributed by atoms with E-state index in [0.717, 1.165) is 11.8 Å². The first-order valence-electron chi connectivity index (χ1n) is 8.30. The van der Waals surface area contributed by atoms with Crippen LogP contribution in [-0.4, -0.2) is 22.9 Å². The molecule has 1 saturated heterocycles. The minimum atomic E-state index is -0.0605. The third-order valence-electron chi connectivity index (χ3n) is 5.33. The lowest BCUT2D eigenvalue weighted by Crippen LogP contribution is -2.43. The highest BCUT2D eigenvalue weighted by Gasteiger charge is 2.51. The van der Waals surface area contributed by atoms with Crippen molar-refractivity contribution in [3.63, 3.8) is 0 Å². The molecule has 3 aliphatic rings. The number of benzene rings is 1. The number of hydrogen-bond acceptors (Lipinski definition) is 2. The van der Waals surface area contributed by atoms with Gasteiger partial charge in [0.2, 0.25) is 5.91 Å². The van der Waals surface area contributed by atoms with Gasteiger partial charge in [0, 0.05) is 6.04 Å². The molecule has 3 nitrogen and oxygen atoms in total. The maximum atomic E-state index is 12.8. The van der Waals surface area contributed by atoms with Crippen molar-refractivity contribution in [2.24, 2.45) is 11.8 Å². The van der Waals surface area contributed by atoms with E-state index in [4.69, 9.17) is 0 Å². The van der Waals surface area contributed by atoms with E-state index in [-0.39, 0.29) is 12.2 Å². The van der Waals surface area contributed by atoms with E-state index < -0.39 is 0 Å². The zero-order chi connectivity index (χ0) is 14.6. The van der Waals surface area contributed by atoms with Crippen LogP contribution in [-0.2, 0) is 4.79 Å². The third kappa shape index (κ3) is 2.28. The van der Waals surface area contributed by atoms with Crippen LogP contribution in [0.4, 0.5) is 0 Å². The number of nitrogens with one attached hydrogen (secondary N) is 1. The fraction of sp³-hybridized carbons (Fsp3) is 0.611. The molecule has 3 heteroatoms. The Morgan fingerprint density at radius 3 is 2.33 bits per heavy atom. The highest BCUT2D eigenvalue weighted by Crippen LogP contribution is 2.50. The van der Waals surface area contributed by atoms with Crippen LogP contribution in [0.25, 0.3) is 0 Å². The molecular weight excluding hydrogens is 260 g/mol. The van der Waals surface area contributed by atoms with Gasteiger partial charge in [0.05, 0.1) is 6.04 Å². The molecule has 0 aromatic heterocycles. The van der Waals surface area contributed by atoms with Gasteiger partial charge in [-0.25, -0.2) is 0 Å². The number of carbonyl (C=O) groups is 1. The van der Waals surface area contributed by atoms with Crippen LogP contribution in [0.15, 0.2) is 24.3 Å². The number of nitrogens with zero attached hydrogens (tertiary/aromatic N) is 1. The van der Waals surface area contributed by atoms with Gasteiger partial charge in [0.1, 0.15) is 6.17 Å². The Kier molecular flexibility index (Phi) is 3.07. The van der Waals surface area contributed by atoms with Gasteiger partial charge in [-0.05, 0) is 62.5 Å². The van der Waals surface area contributed by atoms with Crippen LogP contribution in [0.1, 0.15) is 49.9 Å². The number of carbonyl (C=O) groups excluding carboxylic acids is 1. The van der Waals surface area contributed by atoms with Crippen LogP contribution in [0.3, 0.4) is 0 Å². The summed E-state index contributed by atoms with van der Waals surface area (Å²) in [6, 6.07) is 8.88. The molecule has 2 aliphatic carbocycles. The Morgan fingerprint density at radius 2 is 1.76 bits per heavy atom. The average molecular weight is 284 g/mol. The normalized spacial score (nSPS) is 29.5. The second kappa shape index (κ2) is 4.84. The summed E-state index contributed by atoms with van der Waals surface area (Å²) in [5, 5.41) is 3.53. The van der Waals surface area contributed by atoms with Gasteiger partial charge in [-0.1, -0.05) is 24.3 Å². The molecule has 3 fully saturated rings. The molecule has 0 bridgehead atoms. The fourth-order valence-electron chi connectivity index (χ4n) is 3.91. The van der Waals surface area contributed by atoms with Crippen LogP contribution in [0.2, 0.25) is 0 Å². The Labute approximate surface area is 126 Å². The van der Waals surface area contributed by atoms with Crippen molar-refractivity contribution in [3.8, 4) is 0 Å². The van der Waals surface area contributed by atoms with E-state index in [9.17, 15) is 4.79 Å². The number of rotatable bonds is 4. The molecule has 2 saturated carbocycles. The topological polar surface area (TPSA) is 32.3 Å². The highest BCUT2D eigenvalue weighted by molar-refractivity contribution is 5.84. The van der Waals surface area contributed by atoms with E-state index in [1.54, 1.807) is 0 Å². The summed E-state index contributed by atoms with van der Waals surface area (Å²) in [4.78, 5) is 15.0. The lowest BCUT2D eigenvalue weighted by molar-refractivity contribution is -0.133. The molecule has 1 aromatic rings. The average Bonchev–Trinajstić information content (AvgIpc) is 3.36. The van der Waals surface area contributed by atoms with Crippen molar-refractivity contribution in [2.45, 2.75) is 57.8 Å². The molecule has 1 N–H and O–H groups in total. The maximum Gasteiger partial charge on any atom is 0.241 e. The summed E-state index contributed by atoms with van der Waals surface area (Å²) in [6.07, 6.45) is 5.29. The summed E-state index contributed by atoms with van der Waals surface area (Å²) < 4.78 is 0. The SMILES string of the molecule is Cc1ccccc1C1NC(C)C(=O)N1C(C1CC1)C1CC1. The van der Waals surface area contributed by atoms with Gasteiger partial charge < -0.3 is 4.90 Å². The number of hydrogen-bond donors (Lipinski definition) is 1.